The lowest BCUT2D eigenvalue weighted by Crippen LogP contribution is -2.18. The summed E-state index contributed by atoms with van der Waals surface area (Å²) in [5.41, 5.74) is 0. The van der Waals surface area contributed by atoms with Gasteiger partial charge in [0.1, 0.15) is 5.82 Å². The van der Waals surface area contributed by atoms with E-state index in [0.29, 0.717) is 5.92 Å². The predicted molar refractivity (Wildman–Crippen MR) is 62.4 cm³/mol. The van der Waals surface area contributed by atoms with Gasteiger partial charge >= 0.3 is 0 Å². The minimum absolute atomic E-state index is 0.568. The first-order valence-electron chi connectivity index (χ1n) is 6.34. The van der Waals surface area contributed by atoms with E-state index in [1.165, 1.54) is 25.2 Å². The van der Waals surface area contributed by atoms with Crippen molar-refractivity contribution in [3.05, 3.63) is 11.6 Å². The monoisotopic (exact) mass is 220 g/mol. The van der Waals surface area contributed by atoms with Crippen LogP contribution < -0.4 is 0 Å². The molecule has 2 aliphatic heterocycles. The fraction of sp³-hybridized carbons (Fsp3) is 0.833. The van der Waals surface area contributed by atoms with E-state index in [1.54, 1.807) is 0 Å². The summed E-state index contributed by atoms with van der Waals surface area (Å²) in [6.45, 7) is 5.68. The maximum absolute atomic E-state index is 4.74. The van der Waals surface area contributed by atoms with Gasteiger partial charge in [-0.15, -0.1) is 0 Å². The Morgan fingerprint density at radius 2 is 2.12 bits per heavy atom. The van der Waals surface area contributed by atoms with Gasteiger partial charge in [0.15, 0.2) is 5.82 Å². The second-order valence-corrected chi connectivity index (χ2v) is 5.46. The summed E-state index contributed by atoms with van der Waals surface area (Å²) in [6.07, 6.45) is 3.57. The van der Waals surface area contributed by atoms with Crippen LogP contribution in [0.3, 0.4) is 0 Å². The summed E-state index contributed by atoms with van der Waals surface area (Å²) >= 11 is 0. The van der Waals surface area contributed by atoms with E-state index < -0.39 is 0 Å². The highest BCUT2D eigenvalue weighted by Gasteiger charge is 2.27. The van der Waals surface area contributed by atoms with Crippen LogP contribution in [0.1, 0.15) is 37.3 Å². The summed E-state index contributed by atoms with van der Waals surface area (Å²) in [7, 11) is 2.18. The molecule has 0 N–H and O–H groups in total. The first kappa shape index (κ1) is 10.3. The number of nitrogens with zero attached hydrogens (tertiary/aromatic N) is 4. The fourth-order valence-electron chi connectivity index (χ4n) is 2.80. The van der Waals surface area contributed by atoms with Gasteiger partial charge in [-0.25, -0.2) is 9.67 Å². The number of rotatable bonds is 1. The molecule has 1 fully saturated rings. The van der Waals surface area contributed by atoms with Crippen molar-refractivity contribution >= 4 is 0 Å². The van der Waals surface area contributed by atoms with Crippen LogP contribution in [0.2, 0.25) is 0 Å². The molecular weight excluding hydrogens is 200 g/mol. The maximum atomic E-state index is 4.74. The highest BCUT2D eigenvalue weighted by molar-refractivity contribution is 5.04. The smallest absolute Gasteiger partial charge is 0.155 e. The highest BCUT2D eigenvalue weighted by atomic mass is 15.4. The molecule has 0 saturated carbocycles. The summed E-state index contributed by atoms with van der Waals surface area (Å²) in [5.74, 6) is 3.64. The molecule has 0 aliphatic carbocycles. The van der Waals surface area contributed by atoms with Gasteiger partial charge in [0.25, 0.3) is 0 Å². The van der Waals surface area contributed by atoms with Gasteiger partial charge in [-0.05, 0) is 32.4 Å². The van der Waals surface area contributed by atoms with Crippen LogP contribution in [0, 0.1) is 5.92 Å². The van der Waals surface area contributed by atoms with E-state index in [9.17, 15) is 0 Å². The standard InChI is InChI=1S/C12H20N4/c1-9-3-6-16-11(7-9)13-12(14-16)10-4-5-15(2)8-10/h9-10H,3-8H2,1-2H3. The Morgan fingerprint density at radius 3 is 2.88 bits per heavy atom. The normalized spacial score (nSPS) is 30.6. The molecule has 1 saturated heterocycles. The van der Waals surface area contributed by atoms with Crippen LogP contribution in [0.5, 0.6) is 0 Å². The summed E-state index contributed by atoms with van der Waals surface area (Å²) in [5, 5.41) is 4.68. The largest absolute Gasteiger partial charge is 0.306 e. The average molecular weight is 220 g/mol. The van der Waals surface area contributed by atoms with Crippen LogP contribution in [0.15, 0.2) is 0 Å². The van der Waals surface area contributed by atoms with Gasteiger partial charge in [0.05, 0.1) is 0 Å². The van der Waals surface area contributed by atoms with E-state index in [2.05, 4.69) is 28.7 Å². The van der Waals surface area contributed by atoms with E-state index in [0.717, 1.165) is 31.3 Å². The fourth-order valence-corrected chi connectivity index (χ4v) is 2.80. The SMILES string of the molecule is CC1CCn2nc(C3CCN(C)C3)nc2C1. The van der Waals surface area contributed by atoms with Crippen molar-refractivity contribution in [3.63, 3.8) is 0 Å². The third-order valence-electron chi connectivity index (χ3n) is 3.89. The second kappa shape index (κ2) is 3.84. The third-order valence-corrected chi connectivity index (χ3v) is 3.89. The Morgan fingerprint density at radius 1 is 1.25 bits per heavy atom. The Balaban J connectivity index is 1.82. The second-order valence-electron chi connectivity index (χ2n) is 5.46. The van der Waals surface area contributed by atoms with Crippen LogP contribution in [-0.4, -0.2) is 39.8 Å². The van der Waals surface area contributed by atoms with Gasteiger partial charge in [0.2, 0.25) is 0 Å². The molecule has 2 atom stereocenters. The summed E-state index contributed by atoms with van der Waals surface area (Å²) in [4.78, 5) is 7.11. The first-order valence-corrected chi connectivity index (χ1v) is 6.34. The van der Waals surface area contributed by atoms with Gasteiger partial charge < -0.3 is 4.90 Å². The van der Waals surface area contributed by atoms with Crippen molar-refractivity contribution in [2.45, 2.75) is 38.6 Å². The number of likely N-dealkylation sites (tertiary alicyclic amines) is 1. The zero-order valence-electron chi connectivity index (χ0n) is 10.2. The molecule has 1 aromatic heterocycles. The van der Waals surface area contributed by atoms with Gasteiger partial charge in [-0.2, -0.15) is 5.10 Å². The van der Waals surface area contributed by atoms with Crippen LogP contribution in [0.25, 0.3) is 0 Å². The minimum Gasteiger partial charge on any atom is -0.306 e. The Labute approximate surface area is 96.7 Å². The Kier molecular flexibility index (Phi) is 2.46. The molecule has 2 aliphatic rings. The molecule has 3 heterocycles. The molecule has 88 valence electrons. The quantitative estimate of drug-likeness (QED) is 0.715. The predicted octanol–water partition coefficient (Wildman–Crippen LogP) is 1.28. The van der Waals surface area contributed by atoms with Crippen molar-refractivity contribution in [2.24, 2.45) is 5.92 Å². The van der Waals surface area contributed by atoms with Crippen molar-refractivity contribution in [3.8, 4) is 0 Å². The number of hydrogen-bond acceptors (Lipinski definition) is 3. The molecular formula is C12H20N4. The molecule has 16 heavy (non-hydrogen) atoms. The molecule has 1 aromatic rings. The lowest BCUT2D eigenvalue weighted by atomic mass is 10.0. The number of aromatic nitrogens is 3. The van der Waals surface area contributed by atoms with Crippen LogP contribution in [-0.2, 0) is 13.0 Å². The number of fused-ring (bicyclic) bond motifs is 1. The number of likely N-dealkylation sites (N-methyl/N-ethyl adjacent to an activating group) is 1. The summed E-state index contributed by atoms with van der Waals surface area (Å²) in [6, 6.07) is 0. The topological polar surface area (TPSA) is 34.0 Å². The molecule has 2 unspecified atom stereocenters. The third kappa shape index (κ3) is 1.75. The molecule has 0 radical (unpaired) electrons. The van der Waals surface area contributed by atoms with Crippen LogP contribution in [0.4, 0.5) is 0 Å². The van der Waals surface area contributed by atoms with E-state index in [1.807, 2.05) is 0 Å². The minimum atomic E-state index is 0.568. The summed E-state index contributed by atoms with van der Waals surface area (Å²) < 4.78 is 2.13. The highest BCUT2D eigenvalue weighted by Crippen LogP contribution is 2.26. The van der Waals surface area contributed by atoms with E-state index in [-0.39, 0.29) is 0 Å². The molecule has 4 nitrogen and oxygen atoms in total. The van der Waals surface area contributed by atoms with Crippen LogP contribution >= 0.6 is 0 Å². The van der Waals surface area contributed by atoms with E-state index in [4.69, 9.17) is 4.98 Å². The maximum Gasteiger partial charge on any atom is 0.155 e. The molecule has 0 amide bonds. The number of hydrogen-bond donors (Lipinski definition) is 0. The van der Waals surface area contributed by atoms with Crippen molar-refractivity contribution < 1.29 is 0 Å². The Bertz CT molecular complexity index is 384. The zero-order valence-corrected chi connectivity index (χ0v) is 10.2. The molecule has 3 rings (SSSR count). The molecule has 0 spiro atoms. The van der Waals surface area contributed by atoms with Crippen molar-refractivity contribution in [1.82, 2.24) is 19.7 Å². The molecule has 0 aromatic carbocycles. The van der Waals surface area contributed by atoms with Gasteiger partial charge in [0, 0.05) is 25.4 Å². The first-order chi connectivity index (χ1) is 7.72. The molecule has 0 bridgehead atoms. The number of aryl methyl sites for hydroxylation is 1. The zero-order chi connectivity index (χ0) is 11.1. The Hall–Kier alpha value is -0.900. The van der Waals surface area contributed by atoms with Crippen molar-refractivity contribution in [1.29, 1.82) is 0 Å². The lowest BCUT2D eigenvalue weighted by molar-refractivity contribution is 0.384. The van der Waals surface area contributed by atoms with Gasteiger partial charge in [-0.1, -0.05) is 6.92 Å². The average Bonchev–Trinajstić information content (AvgIpc) is 2.83. The van der Waals surface area contributed by atoms with E-state index >= 15 is 0 Å². The lowest BCUT2D eigenvalue weighted by Gasteiger charge is -2.17. The van der Waals surface area contributed by atoms with Gasteiger partial charge in [-0.3, -0.25) is 0 Å². The van der Waals surface area contributed by atoms with Crippen molar-refractivity contribution in [2.75, 3.05) is 20.1 Å². The molecule has 4 heteroatoms.